The third-order valence-corrected chi connectivity index (χ3v) is 4.73. The lowest BCUT2D eigenvalue weighted by atomic mass is 10.2. The average molecular weight is 423 g/mol. The lowest BCUT2D eigenvalue weighted by Gasteiger charge is -2.26. The summed E-state index contributed by atoms with van der Waals surface area (Å²) in [6.07, 6.45) is 5.27. The van der Waals surface area contributed by atoms with E-state index in [-0.39, 0.29) is 24.0 Å². The lowest BCUT2D eigenvalue weighted by molar-refractivity contribution is 0.215. The van der Waals surface area contributed by atoms with Crippen molar-refractivity contribution in [1.82, 2.24) is 15.1 Å². The zero-order valence-electron chi connectivity index (χ0n) is 14.4. The van der Waals surface area contributed by atoms with Crippen LogP contribution in [0.15, 0.2) is 4.99 Å². The minimum Gasteiger partial charge on any atom is -0.370 e. The number of hydrogen-bond acceptors (Lipinski definition) is 3. The maximum atomic E-state index is 5.99. The highest BCUT2D eigenvalue weighted by atomic mass is 127. The number of rotatable bonds is 8. The summed E-state index contributed by atoms with van der Waals surface area (Å²) in [7, 11) is 0. The highest BCUT2D eigenvalue weighted by molar-refractivity contribution is 14.0. The topological polar surface area (TPSA) is 56.9 Å². The second-order valence-electron chi connectivity index (χ2n) is 6.64. The van der Waals surface area contributed by atoms with Gasteiger partial charge in [-0.2, -0.15) is 0 Å². The van der Waals surface area contributed by atoms with Crippen molar-refractivity contribution in [3.8, 4) is 0 Å². The fourth-order valence-corrected chi connectivity index (χ4v) is 3.36. The van der Waals surface area contributed by atoms with Crippen molar-refractivity contribution >= 4 is 29.9 Å². The number of hydrogen-bond donors (Lipinski definition) is 2. The second-order valence-corrected chi connectivity index (χ2v) is 6.64. The van der Waals surface area contributed by atoms with Crippen LogP contribution in [0.3, 0.4) is 0 Å². The van der Waals surface area contributed by atoms with Crippen molar-refractivity contribution in [2.75, 3.05) is 32.7 Å². The smallest absolute Gasteiger partial charge is 0.188 e. The monoisotopic (exact) mass is 423 g/mol. The van der Waals surface area contributed by atoms with Crippen LogP contribution in [0.25, 0.3) is 0 Å². The van der Waals surface area contributed by atoms with Crippen LogP contribution in [0, 0.1) is 0 Å². The highest BCUT2D eigenvalue weighted by Crippen LogP contribution is 2.27. The number of likely N-dealkylation sites (tertiary alicyclic amines) is 1. The van der Waals surface area contributed by atoms with E-state index >= 15 is 0 Å². The number of nitrogens with zero attached hydrogens (tertiary/aromatic N) is 3. The first kappa shape index (κ1) is 20.0. The van der Waals surface area contributed by atoms with Crippen LogP contribution in [-0.2, 0) is 0 Å². The highest BCUT2D eigenvalue weighted by Gasteiger charge is 2.30. The van der Waals surface area contributed by atoms with Gasteiger partial charge in [-0.25, -0.2) is 0 Å². The Morgan fingerprint density at radius 1 is 1.36 bits per heavy atom. The van der Waals surface area contributed by atoms with Crippen LogP contribution in [0.1, 0.15) is 46.5 Å². The molecule has 3 N–H and O–H groups in total. The van der Waals surface area contributed by atoms with Crippen LogP contribution in [0.2, 0.25) is 0 Å². The number of guanidine groups is 1. The van der Waals surface area contributed by atoms with Gasteiger partial charge in [-0.15, -0.1) is 24.0 Å². The molecule has 1 aliphatic carbocycles. The van der Waals surface area contributed by atoms with E-state index in [4.69, 9.17) is 5.73 Å². The first-order chi connectivity index (χ1) is 10.1. The molecule has 2 fully saturated rings. The van der Waals surface area contributed by atoms with E-state index in [0.29, 0.717) is 18.0 Å². The molecule has 2 rings (SSSR count). The Bertz CT molecular complexity index is 341. The molecule has 22 heavy (non-hydrogen) atoms. The molecular weight excluding hydrogens is 389 g/mol. The molecule has 130 valence electrons. The van der Waals surface area contributed by atoms with E-state index < -0.39 is 0 Å². The second kappa shape index (κ2) is 9.93. The van der Waals surface area contributed by atoms with Crippen LogP contribution >= 0.6 is 24.0 Å². The number of halogens is 1. The van der Waals surface area contributed by atoms with Gasteiger partial charge in [-0.05, 0) is 52.6 Å². The molecule has 0 spiro atoms. The van der Waals surface area contributed by atoms with Gasteiger partial charge in [0.05, 0.1) is 6.54 Å². The standard InChI is InChI=1S/C16H33N5.HI/c1-4-20-10-5-6-15(20)12-19-16(17)18-9-11-21(13(2)3)14-7-8-14;/h13-15H,4-12H2,1-3H3,(H3,17,18,19);1H. The summed E-state index contributed by atoms with van der Waals surface area (Å²) in [5, 5.41) is 3.28. The van der Waals surface area contributed by atoms with Crippen LogP contribution in [0.4, 0.5) is 0 Å². The van der Waals surface area contributed by atoms with Gasteiger partial charge >= 0.3 is 0 Å². The molecule has 1 unspecified atom stereocenters. The van der Waals surface area contributed by atoms with E-state index in [1.54, 1.807) is 0 Å². The van der Waals surface area contributed by atoms with Gasteiger partial charge in [0.1, 0.15) is 0 Å². The fraction of sp³-hybridized carbons (Fsp3) is 0.938. The Labute approximate surface area is 153 Å². The minimum atomic E-state index is 0. The molecule has 1 atom stereocenters. The van der Waals surface area contributed by atoms with E-state index in [0.717, 1.165) is 32.2 Å². The van der Waals surface area contributed by atoms with Crippen molar-refractivity contribution in [3.05, 3.63) is 0 Å². The van der Waals surface area contributed by atoms with Crippen molar-refractivity contribution in [3.63, 3.8) is 0 Å². The van der Waals surface area contributed by atoms with Crippen molar-refractivity contribution in [2.45, 2.75) is 64.6 Å². The normalized spacial score (nSPS) is 23.1. The molecule has 1 heterocycles. The van der Waals surface area contributed by atoms with Crippen LogP contribution in [-0.4, -0.2) is 66.6 Å². The molecule has 5 nitrogen and oxygen atoms in total. The molecule has 6 heteroatoms. The fourth-order valence-electron chi connectivity index (χ4n) is 3.36. The van der Waals surface area contributed by atoms with Gasteiger partial charge in [0.15, 0.2) is 5.96 Å². The zero-order valence-corrected chi connectivity index (χ0v) is 16.8. The van der Waals surface area contributed by atoms with Crippen LogP contribution < -0.4 is 11.1 Å². The third-order valence-electron chi connectivity index (χ3n) is 4.73. The minimum absolute atomic E-state index is 0. The molecule has 0 bridgehead atoms. The van der Waals surface area contributed by atoms with Crippen molar-refractivity contribution < 1.29 is 0 Å². The molecule has 0 radical (unpaired) electrons. The Hall–Kier alpha value is -0.0800. The van der Waals surface area contributed by atoms with Gasteiger partial charge in [0.2, 0.25) is 0 Å². The summed E-state index contributed by atoms with van der Waals surface area (Å²) in [5.74, 6) is 0.609. The van der Waals surface area contributed by atoms with Gasteiger partial charge < -0.3 is 11.1 Å². The first-order valence-corrected chi connectivity index (χ1v) is 8.65. The summed E-state index contributed by atoms with van der Waals surface area (Å²) in [6.45, 7) is 11.9. The molecule has 1 saturated heterocycles. The number of likely N-dealkylation sites (N-methyl/N-ethyl adjacent to an activating group) is 1. The largest absolute Gasteiger partial charge is 0.370 e. The van der Waals surface area contributed by atoms with E-state index in [1.807, 2.05) is 0 Å². The summed E-state index contributed by atoms with van der Waals surface area (Å²) in [6, 6.07) is 2.02. The van der Waals surface area contributed by atoms with E-state index in [9.17, 15) is 0 Å². The summed E-state index contributed by atoms with van der Waals surface area (Å²) >= 11 is 0. The predicted octanol–water partition coefficient (Wildman–Crippen LogP) is 1.87. The Morgan fingerprint density at radius 2 is 2.09 bits per heavy atom. The molecule has 0 amide bonds. The maximum absolute atomic E-state index is 5.99. The van der Waals surface area contributed by atoms with Gasteiger partial charge in [0, 0.05) is 31.2 Å². The molecular formula is C16H34IN5. The van der Waals surface area contributed by atoms with Crippen LogP contribution in [0.5, 0.6) is 0 Å². The average Bonchev–Trinajstić information content (AvgIpc) is 3.18. The third kappa shape index (κ3) is 6.20. The Morgan fingerprint density at radius 3 is 2.68 bits per heavy atom. The van der Waals surface area contributed by atoms with Gasteiger partial charge in [-0.1, -0.05) is 6.92 Å². The molecule has 2 aliphatic rings. The number of nitrogens with two attached hydrogens (primary N) is 1. The quantitative estimate of drug-likeness (QED) is 0.356. The maximum Gasteiger partial charge on any atom is 0.188 e. The number of nitrogens with one attached hydrogen (secondary N) is 1. The summed E-state index contributed by atoms with van der Waals surface area (Å²) < 4.78 is 0. The van der Waals surface area contributed by atoms with Crippen molar-refractivity contribution in [2.24, 2.45) is 10.7 Å². The Balaban J connectivity index is 0.00000242. The molecule has 1 aliphatic heterocycles. The molecule has 0 aromatic heterocycles. The lowest BCUT2D eigenvalue weighted by Crippen LogP contribution is -2.42. The SMILES string of the molecule is CCN1CCCC1CN=C(N)NCCN(C(C)C)C1CC1.I. The van der Waals surface area contributed by atoms with Crippen molar-refractivity contribution in [1.29, 1.82) is 0 Å². The summed E-state index contributed by atoms with van der Waals surface area (Å²) in [4.78, 5) is 9.60. The first-order valence-electron chi connectivity index (χ1n) is 8.65. The Kier molecular flexibility index (Phi) is 9.01. The molecule has 0 aromatic rings. The predicted molar refractivity (Wildman–Crippen MR) is 105 cm³/mol. The van der Waals surface area contributed by atoms with E-state index in [1.165, 1.54) is 32.2 Å². The molecule has 0 aromatic carbocycles. The van der Waals surface area contributed by atoms with E-state index in [2.05, 4.69) is 40.9 Å². The molecule has 1 saturated carbocycles. The van der Waals surface area contributed by atoms with Gasteiger partial charge in [0.25, 0.3) is 0 Å². The number of aliphatic imine (C=N–C) groups is 1. The summed E-state index contributed by atoms with van der Waals surface area (Å²) in [5.41, 5.74) is 5.99. The zero-order chi connectivity index (χ0) is 15.2. The van der Waals surface area contributed by atoms with Gasteiger partial charge in [-0.3, -0.25) is 14.8 Å².